The third kappa shape index (κ3) is 6.89. The number of rotatable bonds is 0. The molecule has 0 aromatic heterocycles. The summed E-state index contributed by atoms with van der Waals surface area (Å²) in [5, 5.41) is 0. The van der Waals surface area contributed by atoms with E-state index in [1.807, 2.05) is 27.7 Å². The zero-order valence-electron chi connectivity index (χ0n) is 13.5. The largest absolute Gasteiger partial charge is 0.394 e. The van der Waals surface area contributed by atoms with E-state index in [9.17, 15) is 22.0 Å². The molecule has 0 N–H and O–H groups in total. The molecule has 20 heavy (non-hydrogen) atoms. The zero-order chi connectivity index (χ0) is 16.6. The van der Waals surface area contributed by atoms with Crippen LogP contribution in [0.3, 0.4) is 0 Å². The van der Waals surface area contributed by atoms with Gasteiger partial charge in [-0.1, -0.05) is 41.0 Å². The van der Waals surface area contributed by atoms with Crippen molar-refractivity contribution >= 4 is 0 Å². The van der Waals surface area contributed by atoms with Crippen LogP contribution >= 0.6 is 0 Å². The van der Waals surface area contributed by atoms with Crippen molar-refractivity contribution in [2.24, 2.45) is 5.41 Å². The lowest BCUT2D eigenvalue weighted by atomic mass is 9.70. The van der Waals surface area contributed by atoms with Crippen molar-refractivity contribution in [2.45, 2.75) is 91.7 Å². The molecule has 0 bridgehead atoms. The fraction of sp³-hybridized carbons (Fsp3) is 1.00. The Hall–Kier alpha value is -0.350. The van der Waals surface area contributed by atoms with Gasteiger partial charge in [-0.3, -0.25) is 0 Å². The van der Waals surface area contributed by atoms with Crippen LogP contribution in [-0.4, -0.2) is 18.0 Å². The predicted octanol–water partition coefficient (Wildman–Crippen LogP) is 6.64. The summed E-state index contributed by atoms with van der Waals surface area (Å²) in [7, 11) is 0. The summed E-state index contributed by atoms with van der Waals surface area (Å²) in [6.45, 7) is 10.7. The minimum Gasteiger partial charge on any atom is -0.247 e. The van der Waals surface area contributed by atoms with Gasteiger partial charge in [0.05, 0.1) is 5.41 Å². The van der Waals surface area contributed by atoms with Crippen LogP contribution in [0.2, 0.25) is 0 Å². The van der Waals surface area contributed by atoms with Gasteiger partial charge in [0.2, 0.25) is 0 Å². The molecule has 0 atom stereocenters. The molecular weight excluding hydrogens is 275 g/mol. The Morgan fingerprint density at radius 2 is 1.25 bits per heavy atom. The highest BCUT2D eigenvalue weighted by Gasteiger charge is 2.54. The first-order chi connectivity index (χ1) is 9.06. The summed E-state index contributed by atoms with van der Waals surface area (Å²) < 4.78 is 59.6. The van der Waals surface area contributed by atoms with Crippen molar-refractivity contribution in [3.8, 4) is 0 Å². The molecule has 2 saturated carbocycles. The SMILES string of the molecule is CC.CC.CC1(C(F)(F)F)CCC1.CC1(F)CC(F)C1. The molecule has 0 aromatic carbocycles. The van der Waals surface area contributed by atoms with E-state index in [1.54, 1.807) is 0 Å². The number of alkyl halides is 5. The van der Waals surface area contributed by atoms with Crippen LogP contribution < -0.4 is 0 Å². The van der Waals surface area contributed by atoms with Gasteiger partial charge in [0.25, 0.3) is 0 Å². The molecule has 0 spiro atoms. The quantitative estimate of drug-likeness (QED) is 0.440. The topological polar surface area (TPSA) is 0 Å². The minimum atomic E-state index is -3.97. The maximum absolute atomic E-state index is 12.2. The highest BCUT2D eigenvalue weighted by atomic mass is 19.4. The molecule has 0 aliphatic heterocycles. The Morgan fingerprint density at radius 1 is 0.900 bits per heavy atom. The Morgan fingerprint density at radius 3 is 1.25 bits per heavy atom. The first kappa shape index (κ1) is 21.9. The summed E-state index contributed by atoms with van der Waals surface area (Å²) in [6.07, 6.45) is -3.26. The van der Waals surface area contributed by atoms with E-state index in [0.717, 1.165) is 6.42 Å². The fourth-order valence-electron chi connectivity index (χ4n) is 1.85. The van der Waals surface area contributed by atoms with E-state index < -0.39 is 23.4 Å². The van der Waals surface area contributed by atoms with Gasteiger partial charge in [-0.2, -0.15) is 13.2 Å². The molecule has 0 unspecified atom stereocenters. The molecule has 0 amide bonds. The van der Waals surface area contributed by atoms with E-state index in [1.165, 1.54) is 13.8 Å². The molecule has 0 heterocycles. The first-order valence-corrected chi connectivity index (χ1v) is 7.45. The van der Waals surface area contributed by atoms with Crippen molar-refractivity contribution in [3.05, 3.63) is 0 Å². The van der Waals surface area contributed by atoms with Gasteiger partial charge >= 0.3 is 6.18 Å². The van der Waals surface area contributed by atoms with Crippen molar-refractivity contribution in [1.82, 2.24) is 0 Å². The van der Waals surface area contributed by atoms with Crippen LogP contribution in [0.25, 0.3) is 0 Å². The van der Waals surface area contributed by atoms with Crippen LogP contribution in [0.1, 0.15) is 73.6 Å². The molecule has 124 valence electrons. The molecule has 2 aliphatic carbocycles. The first-order valence-electron chi connectivity index (χ1n) is 7.45. The van der Waals surface area contributed by atoms with E-state index >= 15 is 0 Å². The molecule has 0 nitrogen and oxygen atoms in total. The monoisotopic (exact) mass is 304 g/mol. The lowest BCUT2D eigenvalue weighted by molar-refractivity contribution is -0.242. The summed E-state index contributed by atoms with van der Waals surface area (Å²) in [5.74, 6) is 0. The predicted molar refractivity (Wildman–Crippen MR) is 74.4 cm³/mol. The molecule has 0 aromatic rings. The summed E-state index contributed by atoms with van der Waals surface area (Å²) in [4.78, 5) is 0. The highest BCUT2D eigenvalue weighted by Crippen LogP contribution is 2.52. The summed E-state index contributed by atoms with van der Waals surface area (Å²) >= 11 is 0. The molecular formula is C15H29F5. The number of halogens is 5. The van der Waals surface area contributed by atoms with Gasteiger partial charge in [-0.05, 0) is 19.8 Å². The van der Waals surface area contributed by atoms with Gasteiger partial charge in [-0.15, -0.1) is 0 Å². The fourth-order valence-corrected chi connectivity index (χ4v) is 1.85. The van der Waals surface area contributed by atoms with Crippen LogP contribution in [0.5, 0.6) is 0 Å². The molecule has 2 aliphatic rings. The Bertz CT molecular complexity index is 233. The highest BCUT2D eigenvalue weighted by molar-refractivity contribution is 4.90. The van der Waals surface area contributed by atoms with E-state index in [4.69, 9.17) is 0 Å². The van der Waals surface area contributed by atoms with Gasteiger partial charge in [0.15, 0.2) is 0 Å². The lowest BCUT2D eigenvalue weighted by Crippen LogP contribution is -2.40. The third-order valence-corrected chi connectivity index (χ3v) is 3.44. The third-order valence-electron chi connectivity index (χ3n) is 3.44. The molecule has 0 radical (unpaired) electrons. The van der Waals surface area contributed by atoms with Crippen LogP contribution in [0.15, 0.2) is 0 Å². The lowest BCUT2D eigenvalue weighted by Gasteiger charge is -2.39. The van der Waals surface area contributed by atoms with Crippen molar-refractivity contribution in [2.75, 3.05) is 0 Å². The smallest absolute Gasteiger partial charge is 0.247 e. The summed E-state index contributed by atoms with van der Waals surface area (Å²) in [6, 6.07) is 0. The number of hydrogen-bond acceptors (Lipinski definition) is 0. The van der Waals surface area contributed by atoms with Crippen LogP contribution in [0, 0.1) is 5.41 Å². The van der Waals surface area contributed by atoms with Gasteiger partial charge in [0, 0.05) is 12.8 Å². The van der Waals surface area contributed by atoms with Crippen molar-refractivity contribution < 1.29 is 22.0 Å². The summed E-state index contributed by atoms with van der Waals surface area (Å²) in [5.41, 5.74) is -2.52. The molecule has 5 heteroatoms. The van der Waals surface area contributed by atoms with Crippen LogP contribution in [-0.2, 0) is 0 Å². The second-order valence-electron chi connectivity index (χ2n) is 5.33. The van der Waals surface area contributed by atoms with Crippen molar-refractivity contribution in [3.63, 3.8) is 0 Å². The van der Waals surface area contributed by atoms with E-state index in [-0.39, 0.29) is 12.8 Å². The van der Waals surface area contributed by atoms with Crippen molar-refractivity contribution in [1.29, 1.82) is 0 Å². The van der Waals surface area contributed by atoms with Gasteiger partial charge < -0.3 is 0 Å². The second kappa shape index (κ2) is 8.83. The normalized spacial score (nSPS) is 29.9. The van der Waals surface area contributed by atoms with Gasteiger partial charge in [-0.25, -0.2) is 8.78 Å². The van der Waals surface area contributed by atoms with E-state index in [2.05, 4.69) is 0 Å². The second-order valence-corrected chi connectivity index (χ2v) is 5.33. The Labute approximate surface area is 120 Å². The molecule has 2 fully saturated rings. The molecule has 0 saturated heterocycles. The number of hydrogen-bond donors (Lipinski definition) is 0. The van der Waals surface area contributed by atoms with Crippen LogP contribution in [0.4, 0.5) is 22.0 Å². The maximum atomic E-state index is 12.2. The average Bonchev–Trinajstić information content (AvgIpc) is 2.28. The standard InChI is InChI=1S/C6H9F3.C5H8F2.2C2H6/c1-5(3-2-4-5)6(7,8)9;1-5(7)2-4(6)3-5;2*1-2/h2-4H2,1H3;4H,2-3H2,1H3;2*1-2H3. The minimum absolute atomic E-state index is 0.104. The molecule has 2 rings (SSSR count). The van der Waals surface area contributed by atoms with Gasteiger partial charge in [0.1, 0.15) is 11.8 Å². The average molecular weight is 304 g/mol. The Kier molecular flexibility index (Phi) is 9.69. The zero-order valence-corrected chi connectivity index (χ0v) is 13.5. The Balaban J connectivity index is 0. The maximum Gasteiger partial charge on any atom is 0.394 e. The van der Waals surface area contributed by atoms with E-state index in [0.29, 0.717) is 12.8 Å².